The summed E-state index contributed by atoms with van der Waals surface area (Å²) in [7, 11) is 0. The number of benzene rings is 2. The van der Waals surface area contributed by atoms with Gasteiger partial charge in [0.25, 0.3) is 11.6 Å². The predicted molar refractivity (Wildman–Crippen MR) is 94.8 cm³/mol. The Bertz CT molecular complexity index is 891. The second-order valence-corrected chi connectivity index (χ2v) is 6.26. The minimum Gasteiger partial charge on any atom is -0.480 e. The lowest BCUT2D eigenvalue weighted by molar-refractivity contribution is -0.384. The maximum absolute atomic E-state index is 12.8. The molecule has 2 unspecified atom stereocenters. The molecule has 7 heteroatoms. The number of hydrogen-bond acceptors (Lipinski definition) is 4. The first-order chi connectivity index (χ1) is 12.3. The summed E-state index contributed by atoms with van der Waals surface area (Å²) in [6, 6.07) is 10.3. The zero-order chi connectivity index (χ0) is 19.0. The van der Waals surface area contributed by atoms with Gasteiger partial charge in [0.05, 0.1) is 11.0 Å². The molecule has 0 bridgehead atoms. The normalized spacial score (nSPS) is 17.1. The van der Waals surface area contributed by atoms with Crippen molar-refractivity contribution in [2.24, 2.45) is 0 Å². The first kappa shape index (κ1) is 17.6. The highest BCUT2D eigenvalue weighted by molar-refractivity contribution is 6.02. The Labute approximate surface area is 150 Å². The Balaban J connectivity index is 1.98. The molecule has 0 fully saturated rings. The second kappa shape index (κ2) is 6.59. The smallest absolute Gasteiger partial charge is 0.326 e. The fourth-order valence-corrected chi connectivity index (χ4v) is 3.43. The van der Waals surface area contributed by atoms with Crippen molar-refractivity contribution < 1.29 is 19.6 Å². The van der Waals surface area contributed by atoms with Crippen LogP contribution in [0, 0.1) is 10.1 Å². The van der Waals surface area contributed by atoms with Gasteiger partial charge in [0.15, 0.2) is 0 Å². The van der Waals surface area contributed by atoms with Crippen molar-refractivity contribution in [2.75, 3.05) is 0 Å². The Morgan fingerprint density at radius 3 is 2.38 bits per heavy atom. The molecular weight excluding hydrogens is 336 g/mol. The van der Waals surface area contributed by atoms with E-state index in [1.165, 1.54) is 17.0 Å². The number of carbonyl (C=O) groups excluding carboxylic acids is 1. The van der Waals surface area contributed by atoms with Gasteiger partial charge in [-0.3, -0.25) is 14.9 Å². The molecule has 1 heterocycles. The summed E-state index contributed by atoms with van der Waals surface area (Å²) in [5.41, 5.74) is 2.78. The molecular formula is C19H18N2O5. The van der Waals surface area contributed by atoms with Gasteiger partial charge in [0.2, 0.25) is 0 Å². The highest BCUT2D eigenvalue weighted by Gasteiger charge is 2.40. The quantitative estimate of drug-likeness (QED) is 0.652. The Kier molecular flexibility index (Phi) is 4.46. The third-order valence-electron chi connectivity index (χ3n) is 4.80. The van der Waals surface area contributed by atoms with Crippen LogP contribution in [0.1, 0.15) is 42.2 Å². The number of nitrogens with zero attached hydrogens (tertiary/aromatic N) is 2. The van der Waals surface area contributed by atoms with Gasteiger partial charge in [-0.05, 0) is 48.2 Å². The van der Waals surface area contributed by atoms with E-state index < -0.39 is 16.9 Å². The summed E-state index contributed by atoms with van der Waals surface area (Å²) in [5, 5.41) is 20.2. The number of carbonyl (C=O) groups is 2. The maximum Gasteiger partial charge on any atom is 0.326 e. The van der Waals surface area contributed by atoms with E-state index in [0.29, 0.717) is 12.0 Å². The van der Waals surface area contributed by atoms with E-state index in [1.54, 1.807) is 25.1 Å². The molecule has 134 valence electrons. The number of carboxylic acid groups (broad SMARTS) is 1. The van der Waals surface area contributed by atoms with Crippen LogP contribution in [-0.4, -0.2) is 32.8 Å². The molecule has 0 aliphatic carbocycles. The standard InChI is InChI=1S/C19H18N2O5/c1-3-17(19(23)24)20-11(2)15-9-6-13(10-16(15)18(20)22)12-4-7-14(8-5-12)21(25)26/h4-11,17H,3H2,1-2H3,(H,23,24). The number of non-ortho nitro benzene ring substituents is 1. The van der Waals surface area contributed by atoms with Crippen molar-refractivity contribution in [1.82, 2.24) is 4.90 Å². The molecule has 1 N–H and O–H groups in total. The second-order valence-electron chi connectivity index (χ2n) is 6.26. The van der Waals surface area contributed by atoms with Crippen LogP contribution < -0.4 is 0 Å². The van der Waals surface area contributed by atoms with E-state index in [9.17, 15) is 24.8 Å². The van der Waals surface area contributed by atoms with Crippen LogP contribution >= 0.6 is 0 Å². The topological polar surface area (TPSA) is 101 Å². The van der Waals surface area contributed by atoms with Gasteiger partial charge >= 0.3 is 5.97 Å². The number of fused-ring (bicyclic) bond motifs is 1. The summed E-state index contributed by atoms with van der Waals surface area (Å²) in [6.45, 7) is 3.56. The molecule has 0 saturated carbocycles. The van der Waals surface area contributed by atoms with E-state index >= 15 is 0 Å². The monoisotopic (exact) mass is 354 g/mol. The van der Waals surface area contributed by atoms with Gasteiger partial charge in [0, 0.05) is 17.7 Å². The summed E-state index contributed by atoms with van der Waals surface area (Å²) in [4.78, 5) is 36.0. The minimum absolute atomic E-state index is 0.00182. The Morgan fingerprint density at radius 2 is 1.85 bits per heavy atom. The van der Waals surface area contributed by atoms with E-state index in [1.807, 2.05) is 19.1 Å². The van der Waals surface area contributed by atoms with Crippen molar-refractivity contribution >= 4 is 17.6 Å². The lowest BCUT2D eigenvalue weighted by Gasteiger charge is -2.28. The highest BCUT2D eigenvalue weighted by Crippen LogP contribution is 2.37. The van der Waals surface area contributed by atoms with Crippen LogP contribution in [0.15, 0.2) is 42.5 Å². The lowest BCUT2D eigenvalue weighted by atomic mass is 9.98. The first-order valence-electron chi connectivity index (χ1n) is 8.29. The molecule has 0 radical (unpaired) electrons. The van der Waals surface area contributed by atoms with E-state index in [-0.39, 0.29) is 17.6 Å². The fraction of sp³-hybridized carbons (Fsp3) is 0.263. The van der Waals surface area contributed by atoms with Crippen LogP contribution in [0.4, 0.5) is 5.69 Å². The minimum atomic E-state index is -1.02. The van der Waals surface area contributed by atoms with E-state index in [2.05, 4.69) is 0 Å². The number of hydrogen-bond donors (Lipinski definition) is 1. The largest absolute Gasteiger partial charge is 0.480 e. The molecule has 2 aromatic carbocycles. The number of carboxylic acids is 1. The van der Waals surface area contributed by atoms with Gasteiger partial charge in [-0.2, -0.15) is 0 Å². The molecule has 0 spiro atoms. The van der Waals surface area contributed by atoms with Crippen molar-refractivity contribution in [3.63, 3.8) is 0 Å². The van der Waals surface area contributed by atoms with Crippen LogP contribution in [-0.2, 0) is 4.79 Å². The van der Waals surface area contributed by atoms with Crippen molar-refractivity contribution in [1.29, 1.82) is 0 Å². The molecule has 2 atom stereocenters. The molecule has 2 aromatic rings. The molecule has 26 heavy (non-hydrogen) atoms. The zero-order valence-electron chi connectivity index (χ0n) is 14.4. The van der Waals surface area contributed by atoms with E-state index in [4.69, 9.17) is 0 Å². The van der Waals surface area contributed by atoms with Crippen molar-refractivity contribution in [2.45, 2.75) is 32.4 Å². The van der Waals surface area contributed by atoms with Gasteiger partial charge in [0.1, 0.15) is 6.04 Å². The number of aliphatic carboxylic acids is 1. The van der Waals surface area contributed by atoms with Crippen LogP contribution in [0.3, 0.4) is 0 Å². The summed E-state index contributed by atoms with van der Waals surface area (Å²) in [6.07, 6.45) is 0.328. The first-order valence-corrected chi connectivity index (χ1v) is 8.29. The van der Waals surface area contributed by atoms with Crippen LogP contribution in [0.25, 0.3) is 11.1 Å². The lowest BCUT2D eigenvalue weighted by Crippen LogP contribution is -2.42. The van der Waals surface area contributed by atoms with E-state index in [0.717, 1.165) is 16.7 Å². The predicted octanol–water partition coefficient (Wildman–Crippen LogP) is 3.64. The fourth-order valence-electron chi connectivity index (χ4n) is 3.43. The van der Waals surface area contributed by atoms with Crippen LogP contribution in [0.2, 0.25) is 0 Å². The molecule has 3 rings (SSSR count). The number of nitro benzene ring substituents is 1. The summed E-state index contributed by atoms with van der Waals surface area (Å²) >= 11 is 0. The van der Waals surface area contributed by atoms with Gasteiger partial charge in [-0.25, -0.2) is 4.79 Å². The average Bonchev–Trinajstić information content (AvgIpc) is 2.87. The van der Waals surface area contributed by atoms with Crippen molar-refractivity contribution in [3.8, 4) is 11.1 Å². The van der Waals surface area contributed by atoms with Crippen molar-refractivity contribution in [3.05, 3.63) is 63.7 Å². The number of amides is 1. The summed E-state index contributed by atoms with van der Waals surface area (Å²) in [5.74, 6) is -1.32. The molecule has 7 nitrogen and oxygen atoms in total. The average molecular weight is 354 g/mol. The Hall–Kier alpha value is -3.22. The molecule has 0 saturated heterocycles. The molecule has 0 aromatic heterocycles. The molecule has 1 aliphatic rings. The van der Waals surface area contributed by atoms with Gasteiger partial charge in [-0.15, -0.1) is 0 Å². The maximum atomic E-state index is 12.8. The Morgan fingerprint density at radius 1 is 1.23 bits per heavy atom. The van der Waals surface area contributed by atoms with Crippen LogP contribution in [0.5, 0.6) is 0 Å². The van der Waals surface area contributed by atoms with Gasteiger partial charge in [-0.1, -0.05) is 19.1 Å². The third kappa shape index (κ3) is 2.81. The van der Waals surface area contributed by atoms with Gasteiger partial charge < -0.3 is 10.0 Å². The molecule has 1 amide bonds. The number of nitro groups is 1. The SMILES string of the molecule is CCC(C(=O)O)N1C(=O)c2cc(-c3ccc([N+](=O)[O-])cc3)ccc2C1C. The summed E-state index contributed by atoms with van der Waals surface area (Å²) < 4.78 is 0. The third-order valence-corrected chi connectivity index (χ3v) is 4.80. The number of rotatable bonds is 5. The highest BCUT2D eigenvalue weighted by atomic mass is 16.6. The molecule has 1 aliphatic heterocycles. The zero-order valence-corrected chi connectivity index (χ0v) is 14.4.